The van der Waals surface area contributed by atoms with E-state index in [4.69, 9.17) is 9.47 Å². The summed E-state index contributed by atoms with van der Waals surface area (Å²) in [6, 6.07) is 61.6. The van der Waals surface area contributed by atoms with Crippen LogP contribution in [-0.4, -0.2) is 6.16 Å². The average Bonchev–Trinajstić information content (AvgIpc) is 3.15. The molecular weight excluding hydrogens is 588 g/mol. The van der Waals surface area contributed by atoms with Gasteiger partial charge in [0.1, 0.15) is 11.5 Å². The molecule has 0 amide bonds. The first-order valence-corrected chi connectivity index (χ1v) is 15.9. The Morgan fingerprint density at radius 3 is 0.917 bits per heavy atom. The van der Waals surface area contributed by atoms with Crippen molar-refractivity contribution in [1.82, 2.24) is 0 Å². The number of rotatable bonds is 6. The first kappa shape index (κ1) is 29.0. The summed E-state index contributed by atoms with van der Waals surface area (Å²) >= 11 is 0. The van der Waals surface area contributed by atoms with E-state index in [-0.39, 0.29) is 0 Å². The fraction of sp³-hybridized carbons (Fsp3) is 0. The monoisotopic (exact) mass is 618 g/mol. The highest BCUT2D eigenvalue weighted by atomic mass is 16.7. The molecule has 0 aliphatic rings. The smallest absolute Gasteiger partial charge is 0.395 e. The molecule has 0 aliphatic carbocycles. The van der Waals surface area contributed by atoms with Crippen LogP contribution in [0.4, 0.5) is 4.79 Å². The maximum atomic E-state index is 12.6. The van der Waals surface area contributed by atoms with Gasteiger partial charge in [-0.3, -0.25) is 0 Å². The second-order valence-corrected chi connectivity index (χ2v) is 11.8. The molecular formula is C45H30O3. The zero-order valence-corrected chi connectivity index (χ0v) is 26.0. The summed E-state index contributed by atoms with van der Waals surface area (Å²) in [5, 5.41) is 4.92. The van der Waals surface area contributed by atoms with Crippen molar-refractivity contribution >= 4 is 27.7 Å². The van der Waals surface area contributed by atoms with Crippen molar-refractivity contribution in [2.45, 2.75) is 0 Å². The highest BCUT2D eigenvalue weighted by Gasteiger charge is 2.10. The van der Waals surface area contributed by atoms with Crippen molar-refractivity contribution in [2.75, 3.05) is 0 Å². The van der Waals surface area contributed by atoms with Gasteiger partial charge in [-0.05, 0) is 102 Å². The van der Waals surface area contributed by atoms with Crippen LogP contribution in [0.15, 0.2) is 182 Å². The van der Waals surface area contributed by atoms with Gasteiger partial charge in [0, 0.05) is 0 Å². The number of hydrogen-bond donors (Lipinski definition) is 0. The summed E-state index contributed by atoms with van der Waals surface area (Å²) in [5.41, 5.74) is 8.91. The number of carbonyl (C=O) groups excluding carboxylic acids is 1. The predicted octanol–water partition coefficient (Wildman–Crippen LogP) is 12.2. The van der Waals surface area contributed by atoms with E-state index in [1.54, 1.807) is 24.3 Å². The van der Waals surface area contributed by atoms with E-state index < -0.39 is 6.16 Å². The fourth-order valence-corrected chi connectivity index (χ4v) is 6.09. The third-order valence-corrected chi connectivity index (χ3v) is 8.71. The van der Waals surface area contributed by atoms with Crippen LogP contribution >= 0.6 is 0 Å². The molecule has 0 atom stereocenters. The number of hydrogen-bond acceptors (Lipinski definition) is 3. The molecule has 8 rings (SSSR count). The minimum atomic E-state index is -0.782. The van der Waals surface area contributed by atoms with E-state index in [2.05, 4.69) is 133 Å². The van der Waals surface area contributed by atoms with Gasteiger partial charge in [-0.2, -0.15) is 0 Å². The van der Waals surface area contributed by atoms with E-state index in [1.165, 1.54) is 32.7 Å². The molecule has 0 spiro atoms. The summed E-state index contributed by atoms with van der Waals surface area (Å²) in [4.78, 5) is 12.6. The highest BCUT2D eigenvalue weighted by molar-refractivity contribution is 5.88. The average molecular weight is 619 g/mol. The summed E-state index contributed by atoms with van der Waals surface area (Å²) in [6.45, 7) is 0. The lowest BCUT2D eigenvalue weighted by Gasteiger charge is -2.09. The standard InChI is InChI=1S/C45H30O3/c46-45(47-43-25-21-35(22-26-43)33-9-13-37(14-10-33)41-19-17-31-5-1-3-7-39(31)29-41)48-44-27-23-36(24-28-44)34-11-15-38(16-12-34)42-20-18-32-6-2-4-8-40(32)30-42/h1-30H. The van der Waals surface area contributed by atoms with Gasteiger partial charge in [0.05, 0.1) is 0 Å². The molecule has 0 N–H and O–H groups in total. The second-order valence-electron chi connectivity index (χ2n) is 11.8. The molecule has 8 aromatic carbocycles. The van der Waals surface area contributed by atoms with Gasteiger partial charge >= 0.3 is 6.16 Å². The largest absolute Gasteiger partial charge is 0.519 e. The van der Waals surface area contributed by atoms with Crippen molar-refractivity contribution in [2.24, 2.45) is 0 Å². The van der Waals surface area contributed by atoms with E-state index in [9.17, 15) is 4.79 Å². The van der Waals surface area contributed by atoms with E-state index >= 15 is 0 Å². The van der Waals surface area contributed by atoms with Gasteiger partial charge in [-0.15, -0.1) is 0 Å². The molecule has 0 fully saturated rings. The van der Waals surface area contributed by atoms with Crippen LogP contribution in [-0.2, 0) is 0 Å². The summed E-state index contributed by atoms with van der Waals surface area (Å²) in [5.74, 6) is 0.833. The summed E-state index contributed by atoms with van der Waals surface area (Å²) in [6.07, 6.45) is -0.782. The van der Waals surface area contributed by atoms with Gasteiger partial charge in [0.15, 0.2) is 0 Å². The maximum absolute atomic E-state index is 12.6. The van der Waals surface area contributed by atoms with Crippen LogP contribution in [0.5, 0.6) is 11.5 Å². The molecule has 0 aliphatic heterocycles. The minimum absolute atomic E-state index is 0.416. The van der Waals surface area contributed by atoms with Crippen molar-refractivity contribution < 1.29 is 14.3 Å². The molecule has 0 saturated carbocycles. The molecule has 0 radical (unpaired) electrons. The molecule has 3 nitrogen and oxygen atoms in total. The number of benzene rings is 8. The first-order valence-electron chi connectivity index (χ1n) is 15.9. The zero-order chi connectivity index (χ0) is 32.3. The third-order valence-electron chi connectivity index (χ3n) is 8.71. The number of ether oxygens (including phenoxy) is 2. The molecule has 0 aromatic heterocycles. The first-order chi connectivity index (χ1) is 23.6. The molecule has 0 heterocycles. The van der Waals surface area contributed by atoms with Gasteiger partial charge in [-0.1, -0.05) is 146 Å². The maximum Gasteiger partial charge on any atom is 0.519 e. The van der Waals surface area contributed by atoms with Crippen LogP contribution in [0.1, 0.15) is 0 Å². The Bertz CT molecular complexity index is 2200. The lowest BCUT2D eigenvalue weighted by Crippen LogP contribution is -2.13. The van der Waals surface area contributed by atoms with Crippen LogP contribution in [0.25, 0.3) is 66.1 Å². The van der Waals surface area contributed by atoms with Gasteiger partial charge < -0.3 is 9.47 Å². The Morgan fingerprint density at radius 2 is 0.562 bits per heavy atom. The third kappa shape index (κ3) is 6.18. The van der Waals surface area contributed by atoms with Crippen LogP contribution in [0.2, 0.25) is 0 Å². The molecule has 228 valence electrons. The number of carbonyl (C=O) groups is 1. The van der Waals surface area contributed by atoms with E-state index in [1.807, 2.05) is 24.3 Å². The topological polar surface area (TPSA) is 35.5 Å². The second kappa shape index (κ2) is 12.7. The molecule has 0 unspecified atom stereocenters. The molecule has 0 bridgehead atoms. The summed E-state index contributed by atoms with van der Waals surface area (Å²) in [7, 11) is 0. The lowest BCUT2D eigenvalue weighted by molar-refractivity contribution is 0.152. The molecule has 8 aromatic rings. The Labute approximate surface area is 279 Å². The normalized spacial score (nSPS) is 11.0. The minimum Gasteiger partial charge on any atom is -0.395 e. The zero-order valence-electron chi connectivity index (χ0n) is 26.0. The molecule has 3 heteroatoms. The van der Waals surface area contributed by atoms with Gasteiger partial charge in [0.25, 0.3) is 0 Å². The van der Waals surface area contributed by atoms with Crippen LogP contribution in [0.3, 0.4) is 0 Å². The quantitative estimate of drug-likeness (QED) is 0.137. The van der Waals surface area contributed by atoms with Crippen LogP contribution < -0.4 is 9.47 Å². The SMILES string of the molecule is O=C(Oc1ccc(-c2ccc(-c3ccc4ccccc4c3)cc2)cc1)Oc1ccc(-c2ccc(-c3ccc4ccccc4c3)cc2)cc1. The number of fused-ring (bicyclic) bond motifs is 2. The van der Waals surface area contributed by atoms with Crippen LogP contribution in [0, 0.1) is 0 Å². The van der Waals surface area contributed by atoms with Gasteiger partial charge in [-0.25, -0.2) is 4.79 Å². The molecule has 0 saturated heterocycles. The Balaban J connectivity index is 0.877. The Kier molecular flexibility index (Phi) is 7.70. The fourth-order valence-electron chi connectivity index (χ4n) is 6.09. The Hall–Kier alpha value is -6.45. The van der Waals surface area contributed by atoms with E-state index in [0.717, 1.165) is 33.4 Å². The lowest BCUT2D eigenvalue weighted by atomic mass is 9.98. The summed E-state index contributed by atoms with van der Waals surface area (Å²) < 4.78 is 10.9. The van der Waals surface area contributed by atoms with Crippen molar-refractivity contribution in [3.05, 3.63) is 182 Å². The van der Waals surface area contributed by atoms with Gasteiger partial charge in [0.2, 0.25) is 0 Å². The van der Waals surface area contributed by atoms with E-state index in [0.29, 0.717) is 11.5 Å². The van der Waals surface area contributed by atoms with Crippen molar-refractivity contribution in [3.8, 4) is 56.0 Å². The Morgan fingerprint density at radius 1 is 0.292 bits per heavy atom. The predicted molar refractivity (Wildman–Crippen MR) is 196 cm³/mol. The molecule has 48 heavy (non-hydrogen) atoms. The van der Waals surface area contributed by atoms with Crippen molar-refractivity contribution in [1.29, 1.82) is 0 Å². The highest BCUT2D eigenvalue weighted by Crippen LogP contribution is 2.30. The van der Waals surface area contributed by atoms with Crippen molar-refractivity contribution in [3.63, 3.8) is 0 Å².